The van der Waals surface area contributed by atoms with Gasteiger partial charge in [-0.05, 0) is 41.2 Å². The van der Waals surface area contributed by atoms with Crippen LogP contribution in [0.5, 0.6) is 0 Å². The van der Waals surface area contributed by atoms with Gasteiger partial charge in [0.2, 0.25) is 0 Å². The summed E-state index contributed by atoms with van der Waals surface area (Å²) < 4.78 is 7.77. The third-order valence-electron chi connectivity index (χ3n) is 3.09. The number of rotatable bonds is 3. The number of benzene rings is 1. The van der Waals surface area contributed by atoms with Crippen LogP contribution in [0.1, 0.15) is 5.69 Å². The predicted octanol–water partition coefficient (Wildman–Crippen LogP) is 2.00. The highest BCUT2D eigenvalue weighted by molar-refractivity contribution is 9.10. The second kappa shape index (κ2) is 4.92. The molecule has 2 heterocycles. The van der Waals surface area contributed by atoms with E-state index in [0.29, 0.717) is 17.6 Å². The fourth-order valence-electron chi connectivity index (χ4n) is 2.25. The van der Waals surface area contributed by atoms with Gasteiger partial charge in [0.05, 0.1) is 21.4 Å². The van der Waals surface area contributed by atoms with E-state index in [1.165, 1.54) is 0 Å². The Morgan fingerprint density at radius 3 is 3.05 bits per heavy atom. The van der Waals surface area contributed by atoms with Crippen molar-refractivity contribution in [2.75, 3.05) is 7.05 Å². The van der Waals surface area contributed by atoms with Crippen LogP contribution in [0, 0.1) is 0 Å². The van der Waals surface area contributed by atoms with Gasteiger partial charge in [-0.25, -0.2) is 4.79 Å². The van der Waals surface area contributed by atoms with Crippen LogP contribution in [-0.4, -0.2) is 21.8 Å². The van der Waals surface area contributed by atoms with Crippen molar-refractivity contribution in [1.82, 2.24) is 20.1 Å². The summed E-state index contributed by atoms with van der Waals surface area (Å²) in [4.78, 5) is 13.9. The Kier molecular flexibility index (Phi) is 3.23. The molecule has 0 unspecified atom stereocenters. The monoisotopic (exact) mass is 336 g/mol. The Labute approximate surface area is 122 Å². The van der Waals surface area contributed by atoms with Crippen molar-refractivity contribution in [3.05, 3.63) is 38.9 Å². The second-order valence-corrected chi connectivity index (χ2v) is 5.28. The Morgan fingerprint density at radius 1 is 1.50 bits per heavy atom. The van der Waals surface area contributed by atoms with Crippen molar-refractivity contribution in [3.63, 3.8) is 0 Å². The highest BCUT2D eigenvalue weighted by atomic mass is 79.9. The minimum absolute atomic E-state index is 0.447. The lowest BCUT2D eigenvalue weighted by molar-refractivity contribution is 0.555. The number of oxazole rings is 1. The first-order valence-electron chi connectivity index (χ1n) is 6.09. The minimum Gasteiger partial charge on any atom is -0.408 e. The van der Waals surface area contributed by atoms with E-state index in [0.717, 1.165) is 21.4 Å². The van der Waals surface area contributed by atoms with Gasteiger partial charge < -0.3 is 9.73 Å². The van der Waals surface area contributed by atoms with E-state index in [-0.39, 0.29) is 0 Å². The van der Waals surface area contributed by atoms with Crippen LogP contribution in [0.15, 0.2) is 31.9 Å². The fraction of sp³-hybridized carbons (Fsp3) is 0.231. The van der Waals surface area contributed by atoms with Crippen molar-refractivity contribution in [2.45, 2.75) is 6.54 Å². The Balaban J connectivity index is 2.17. The number of aromatic amines is 1. The molecule has 0 amide bonds. The molecule has 0 saturated heterocycles. The van der Waals surface area contributed by atoms with E-state index < -0.39 is 5.76 Å². The molecule has 2 aromatic heterocycles. The normalized spacial score (nSPS) is 11.3. The summed E-state index contributed by atoms with van der Waals surface area (Å²) in [6.07, 6.45) is 0. The van der Waals surface area contributed by atoms with Gasteiger partial charge in [0, 0.05) is 19.2 Å². The van der Waals surface area contributed by atoms with E-state index >= 15 is 0 Å². The lowest BCUT2D eigenvalue weighted by atomic mass is 10.1. The van der Waals surface area contributed by atoms with Gasteiger partial charge in [-0.3, -0.25) is 9.67 Å². The number of nitrogens with zero attached hydrogens (tertiary/aromatic N) is 2. The van der Waals surface area contributed by atoms with Crippen LogP contribution in [0.3, 0.4) is 0 Å². The van der Waals surface area contributed by atoms with Crippen molar-refractivity contribution < 1.29 is 4.42 Å². The Hall–Kier alpha value is -1.86. The number of aromatic nitrogens is 3. The van der Waals surface area contributed by atoms with Crippen LogP contribution in [0.25, 0.3) is 22.4 Å². The first kappa shape index (κ1) is 13.1. The van der Waals surface area contributed by atoms with Gasteiger partial charge in [-0.15, -0.1) is 0 Å². The highest BCUT2D eigenvalue weighted by Gasteiger charge is 2.15. The smallest absolute Gasteiger partial charge is 0.408 e. The number of fused-ring (bicyclic) bond motifs is 1. The van der Waals surface area contributed by atoms with Crippen molar-refractivity contribution in [1.29, 1.82) is 0 Å². The molecular weight excluding hydrogens is 324 g/mol. The molecule has 20 heavy (non-hydrogen) atoms. The first-order chi connectivity index (χ1) is 9.60. The van der Waals surface area contributed by atoms with Gasteiger partial charge >= 0.3 is 5.76 Å². The lowest BCUT2D eigenvalue weighted by Crippen LogP contribution is -2.06. The maximum absolute atomic E-state index is 11.2. The number of hydrogen-bond acceptors (Lipinski definition) is 4. The van der Waals surface area contributed by atoms with E-state index in [9.17, 15) is 4.79 Å². The zero-order valence-corrected chi connectivity index (χ0v) is 12.6. The first-order valence-corrected chi connectivity index (χ1v) is 6.88. The van der Waals surface area contributed by atoms with E-state index in [4.69, 9.17) is 4.42 Å². The second-order valence-electron chi connectivity index (χ2n) is 4.49. The molecule has 0 atom stereocenters. The van der Waals surface area contributed by atoms with Crippen LogP contribution in [0.4, 0.5) is 0 Å². The Bertz CT molecular complexity index is 831. The largest absolute Gasteiger partial charge is 0.417 e. The molecule has 0 aliphatic carbocycles. The number of halogens is 1. The molecule has 0 spiro atoms. The average molecular weight is 337 g/mol. The zero-order valence-electron chi connectivity index (χ0n) is 11.0. The molecule has 6 nitrogen and oxygen atoms in total. The SMILES string of the molecule is CNCc1nn(C)c(-c2ccc3oc(=O)[nH]c3c2)c1Br. The van der Waals surface area contributed by atoms with Crippen LogP contribution in [0.2, 0.25) is 0 Å². The summed E-state index contributed by atoms with van der Waals surface area (Å²) in [5, 5.41) is 7.55. The number of hydrogen-bond donors (Lipinski definition) is 2. The summed E-state index contributed by atoms with van der Waals surface area (Å²) in [6, 6.07) is 5.56. The Morgan fingerprint density at radius 2 is 2.30 bits per heavy atom. The summed E-state index contributed by atoms with van der Waals surface area (Å²) in [7, 11) is 3.77. The average Bonchev–Trinajstić information content (AvgIpc) is 2.89. The summed E-state index contributed by atoms with van der Waals surface area (Å²) in [6.45, 7) is 0.680. The third kappa shape index (κ3) is 2.08. The number of H-pyrrole nitrogens is 1. The molecule has 2 N–H and O–H groups in total. The van der Waals surface area contributed by atoms with Gasteiger partial charge in [0.15, 0.2) is 5.58 Å². The predicted molar refractivity (Wildman–Crippen MR) is 79.5 cm³/mol. The van der Waals surface area contributed by atoms with Gasteiger partial charge in [0.1, 0.15) is 0 Å². The molecular formula is C13H13BrN4O2. The van der Waals surface area contributed by atoms with E-state index in [1.54, 1.807) is 6.07 Å². The number of nitrogens with one attached hydrogen (secondary N) is 2. The highest BCUT2D eigenvalue weighted by Crippen LogP contribution is 2.32. The third-order valence-corrected chi connectivity index (χ3v) is 3.93. The quantitative estimate of drug-likeness (QED) is 0.767. The van der Waals surface area contributed by atoms with Gasteiger partial charge in [-0.1, -0.05) is 0 Å². The molecule has 0 aliphatic rings. The summed E-state index contributed by atoms with van der Waals surface area (Å²) in [5.74, 6) is -0.447. The lowest BCUT2D eigenvalue weighted by Gasteiger charge is -2.03. The minimum atomic E-state index is -0.447. The molecule has 3 rings (SSSR count). The van der Waals surface area contributed by atoms with Gasteiger partial charge in [-0.2, -0.15) is 5.10 Å². The van der Waals surface area contributed by atoms with Crippen LogP contribution >= 0.6 is 15.9 Å². The topological polar surface area (TPSA) is 75.8 Å². The molecule has 0 bridgehead atoms. The molecule has 1 aromatic carbocycles. The molecule has 0 radical (unpaired) electrons. The van der Waals surface area contributed by atoms with Crippen LogP contribution < -0.4 is 11.1 Å². The molecule has 3 aromatic rings. The van der Waals surface area contributed by atoms with Gasteiger partial charge in [0.25, 0.3) is 0 Å². The van der Waals surface area contributed by atoms with Crippen LogP contribution in [-0.2, 0) is 13.6 Å². The molecule has 0 saturated carbocycles. The zero-order chi connectivity index (χ0) is 14.3. The fourth-order valence-corrected chi connectivity index (χ4v) is 2.95. The molecule has 0 fully saturated rings. The molecule has 0 aliphatic heterocycles. The number of aryl methyl sites for hydroxylation is 1. The molecule has 104 valence electrons. The van der Waals surface area contributed by atoms with Crippen molar-refractivity contribution in [3.8, 4) is 11.3 Å². The maximum Gasteiger partial charge on any atom is 0.417 e. The standard InChI is InChI=1S/C13H13BrN4O2/c1-15-6-9-11(14)12(18(2)17-9)7-3-4-10-8(5-7)16-13(19)20-10/h3-5,15H,6H2,1-2H3,(H,16,19). The van der Waals surface area contributed by atoms with Crippen molar-refractivity contribution >= 4 is 27.0 Å². The van der Waals surface area contributed by atoms with E-state index in [1.807, 2.05) is 30.9 Å². The summed E-state index contributed by atoms with van der Waals surface area (Å²) in [5.41, 5.74) is 4.08. The molecule has 7 heteroatoms. The summed E-state index contributed by atoms with van der Waals surface area (Å²) >= 11 is 3.59. The van der Waals surface area contributed by atoms with E-state index in [2.05, 4.69) is 31.3 Å². The van der Waals surface area contributed by atoms with Crippen molar-refractivity contribution in [2.24, 2.45) is 7.05 Å². The maximum atomic E-state index is 11.2.